The van der Waals surface area contributed by atoms with E-state index in [4.69, 9.17) is 0 Å². The van der Waals surface area contributed by atoms with E-state index in [0.717, 1.165) is 18.5 Å². The molecule has 0 amide bonds. The molecule has 1 fully saturated rings. The van der Waals surface area contributed by atoms with Gasteiger partial charge in [0, 0.05) is 38.6 Å². The molecule has 0 saturated carbocycles. The molecule has 2 heterocycles. The summed E-state index contributed by atoms with van der Waals surface area (Å²) in [6, 6.07) is 8.78. The number of aromatic nitrogens is 2. The fourth-order valence-electron chi connectivity index (χ4n) is 2.65. The van der Waals surface area contributed by atoms with E-state index in [1.807, 2.05) is 24.0 Å². The maximum absolute atomic E-state index is 12.8. The van der Waals surface area contributed by atoms with Crippen LogP contribution in [0.1, 0.15) is 12.0 Å². The molecule has 0 N–H and O–H groups in total. The summed E-state index contributed by atoms with van der Waals surface area (Å²) in [4.78, 5) is 10.9. The van der Waals surface area contributed by atoms with Crippen molar-refractivity contribution in [2.45, 2.75) is 18.2 Å². The van der Waals surface area contributed by atoms with Gasteiger partial charge < -0.3 is 4.90 Å². The molecule has 1 aromatic carbocycles. The van der Waals surface area contributed by atoms with Gasteiger partial charge >= 0.3 is 0 Å². The summed E-state index contributed by atoms with van der Waals surface area (Å²) in [5, 5.41) is 0. The van der Waals surface area contributed by atoms with E-state index >= 15 is 0 Å². The van der Waals surface area contributed by atoms with Gasteiger partial charge in [-0.15, -0.1) is 0 Å². The van der Waals surface area contributed by atoms with Gasteiger partial charge in [-0.2, -0.15) is 4.31 Å². The van der Waals surface area contributed by atoms with Crippen molar-refractivity contribution < 1.29 is 8.42 Å². The highest BCUT2D eigenvalue weighted by atomic mass is 32.2. The van der Waals surface area contributed by atoms with Gasteiger partial charge in [0.25, 0.3) is 0 Å². The molecular formula is C16H20N4O2S. The van der Waals surface area contributed by atoms with Crippen LogP contribution in [0.4, 0.5) is 5.95 Å². The Bertz CT molecular complexity index is 747. The normalized spacial score (nSPS) is 17.0. The van der Waals surface area contributed by atoms with E-state index in [1.54, 1.807) is 34.9 Å². The average molecular weight is 332 g/mol. The van der Waals surface area contributed by atoms with E-state index in [-0.39, 0.29) is 0 Å². The van der Waals surface area contributed by atoms with Crippen LogP contribution in [0.25, 0.3) is 0 Å². The van der Waals surface area contributed by atoms with Crippen molar-refractivity contribution in [3.63, 3.8) is 0 Å². The average Bonchev–Trinajstić information content (AvgIpc) is 2.83. The molecule has 1 aliphatic heterocycles. The summed E-state index contributed by atoms with van der Waals surface area (Å²) in [5.41, 5.74) is 1.05. The van der Waals surface area contributed by atoms with Crippen LogP contribution in [-0.2, 0) is 10.0 Å². The Balaban J connectivity index is 1.76. The molecule has 0 bridgehead atoms. The van der Waals surface area contributed by atoms with Crippen molar-refractivity contribution in [1.29, 1.82) is 0 Å². The maximum Gasteiger partial charge on any atom is 0.243 e. The van der Waals surface area contributed by atoms with Gasteiger partial charge in [-0.05, 0) is 31.5 Å². The third-order valence-electron chi connectivity index (χ3n) is 3.95. The minimum atomic E-state index is -3.44. The van der Waals surface area contributed by atoms with Crippen LogP contribution in [0, 0.1) is 6.92 Å². The van der Waals surface area contributed by atoms with E-state index in [0.29, 0.717) is 30.5 Å². The molecule has 1 aliphatic rings. The third kappa shape index (κ3) is 3.51. The van der Waals surface area contributed by atoms with Gasteiger partial charge in [0.2, 0.25) is 16.0 Å². The summed E-state index contributed by atoms with van der Waals surface area (Å²) in [6.07, 6.45) is 4.16. The van der Waals surface area contributed by atoms with Crippen molar-refractivity contribution in [2.75, 3.05) is 31.1 Å². The van der Waals surface area contributed by atoms with Gasteiger partial charge in [0.1, 0.15) is 0 Å². The lowest BCUT2D eigenvalue weighted by atomic mass is 10.2. The summed E-state index contributed by atoms with van der Waals surface area (Å²) in [6.45, 7) is 4.24. The predicted octanol–water partition coefficient (Wildman–Crippen LogP) is 1.69. The largest absolute Gasteiger partial charge is 0.339 e. The molecular weight excluding hydrogens is 312 g/mol. The molecule has 1 saturated heterocycles. The molecule has 122 valence electrons. The molecule has 7 heteroatoms. The lowest BCUT2D eigenvalue weighted by Gasteiger charge is -2.21. The van der Waals surface area contributed by atoms with E-state index in [1.165, 1.54) is 0 Å². The standard InChI is InChI=1S/C16H20N4O2S/c1-14-4-6-15(7-5-14)23(21,22)20-11-3-10-19(12-13-20)16-17-8-2-9-18-16/h2,4-9H,3,10-13H2,1H3. The Morgan fingerprint density at radius 3 is 2.35 bits per heavy atom. The first kappa shape index (κ1) is 15.9. The van der Waals surface area contributed by atoms with Gasteiger partial charge in [0.05, 0.1) is 4.90 Å². The van der Waals surface area contributed by atoms with E-state index in [9.17, 15) is 8.42 Å². The SMILES string of the molecule is Cc1ccc(S(=O)(=O)N2CCCN(c3ncccn3)CC2)cc1. The first-order chi connectivity index (χ1) is 11.1. The quantitative estimate of drug-likeness (QED) is 0.856. The molecule has 6 nitrogen and oxygen atoms in total. The van der Waals surface area contributed by atoms with Gasteiger partial charge in [0.15, 0.2) is 0 Å². The summed E-state index contributed by atoms with van der Waals surface area (Å²) in [7, 11) is -3.44. The number of benzene rings is 1. The maximum atomic E-state index is 12.8. The monoisotopic (exact) mass is 332 g/mol. The van der Waals surface area contributed by atoms with Crippen LogP contribution >= 0.6 is 0 Å². The lowest BCUT2D eigenvalue weighted by Crippen LogP contribution is -2.35. The number of rotatable bonds is 3. The number of aryl methyl sites for hydroxylation is 1. The molecule has 0 spiro atoms. The number of anilines is 1. The van der Waals surface area contributed by atoms with Crippen molar-refractivity contribution in [1.82, 2.24) is 14.3 Å². The summed E-state index contributed by atoms with van der Waals surface area (Å²) in [5.74, 6) is 0.655. The first-order valence-corrected chi connectivity index (χ1v) is 9.10. The van der Waals surface area contributed by atoms with Gasteiger partial charge in [-0.1, -0.05) is 17.7 Å². The first-order valence-electron chi connectivity index (χ1n) is 7.66. The Hall–Kier alpha value is -1.99. The predicted molar refractivity (Wildman–Crippen MR) is 88.8 cm³/mol. The smallest absolute Gasteiger partial charge is 0.243 e. The topological polar surface area (TPSA) is 66.4 Å². The van der Waals surface area contributed by atoms with Crippen molar-refractivity contribution in [2.24, 2.45) is 0 Å². The minimum Gasteiger partial charge on any atom is -0.339 e. The molecule has 0 aliphatic carbocycles. The van der Waals surface area contributed by atoms with Crippen molar-refractivity contribution in [3.8, 4) is 0 Å². The highest BCUT2D eigenvalue weighted by molar-refractivity contribution is 7.89. The van der Waals surface area contributed by atoms with E-state index < -0.39 is 10.0 Å². The minimum absolute atomic E-state index is 0.354. The number of hydrogen-bond donors (Lipinski definition) is 0. The van der Waals surface area contributed by atoms with Crippen LogP contribution in [0.15, 0.2) is 47.6 Å². The zero-order valence-electron chi connectivity index (χ0n) is 13.1. The van der Waals surface area contributed by atoms with Crippen LogP contribution < -0.4 is 4.90 Å². The molecule has 0 atom stereocenters. The van der Waals surface area contributed by atoms with Gasteiger partial charge in [-0.25, -0.2) is 18.4 Å². The Labute approximate surface area is 136 Å². The fourth-order valence-corrected chi connectivity index (χ4v) is 4.12. The molecule has 1 aromatic heterocycles. The highest BCUT2D eigenvalue weighted by Gasteiger charge is 2.27. The third-order valence-corrected chi connectivity index (χ3v) is 5.86. The lowest BCUT2D eigenvalue weighted by molar-refractivity contribution is 0.433. The zero-order chi connectivity index (χ0) is 16.3. The Morgan fingerprint density at radius 1 is 0.957 bits per heavy atom. The molecule has 23 heavy (non-hydrogen) atoms. The number of sulfonamides is 1. The second-order valence-corrected chi connectivity index (χ2v) is 7.54. The van der Waals surface area contributed by atoms with Crippen molar-refractivity contribution >= 4 is 16.0 Å². The summed E-state index contributed by atoms with van der Waals surface area (Å²) >= 11 is 0. The number of hydrogen-bond acceptors (Lipinski definition) is 5. The highest BCUT2D eigenvalue weighted by Crippen LogP contribution is 2.19. The van der Waals surface area contributed by atoms with Crippen LogP contribution in [0.5, 0.6) is 0 Å². The van der Waals surface area contributed by atoms with Crippen LogP contribution in [0.3, 0.4) is 0 Å². The van der Waals surface area contributed by atoms with Crippen LogP contribution in [-0.4, -0.2) is 48.9 Å². The van der Waals surface area contributed by atoms with Gasteiger partial charge in [-0.3, -0.25) is 0 Å². The molecule has 0 unspecified atom stereocenters. The molecule has 2 aromatic rings. The summed E-state index contributed by atoms with van der Waals surface area (Å²) < 4.78 is 27.1. The molecule has 0 radical (unpaired) electrons. The van der Waals surface area contributed by atoms with Crippen LogP contribution in [0.2, 0.25) is 0 Å². The second kappa shape index (κ2) is 6.64. The van der Waals surface area contributed by atoms with Crippen molar-refractivity contribution in [3.05, 3.63) is 48.3 Å². The van der Waals surface area contributed by atoms with E-state index in [2.05, 4.69) is 9.97 Å². The fraction of sp³-hybridized carbons (Fsp3) is 0.375. The molecule has 3 rings (SSSR count). The second-order valence-electron chi connectivity index (χ2n) is 5.61. The Morgan fingerprint density at radius 2 is 1.65 bits per heavy atom. The number of nitrogens with zero attached hydrogens (tertiary/aromatic N) is 4. The zero-order valence-corrected chi connectivity index (χ0v) is 13.9. The Kier molecular flexibility index (Phi) is 4.58.